The number of hydrogen-bond acceptors (Lipinski definition) is 2. The highest BCUT2D eigenvalue weighted by atomic mass is 35.5. The predicted octanol–water partition coefficient (Wildman–Crippen LogP) is 3.72. The van der Waals surface area contributed by atoms with Crippen molar-refractivity contribution in [3.63, 3.8) is 0 Å². The molecule has 20 heavy (non-hydrogen) atoms. The summed E-state index contributed by atoms with van der Waals surface area (Å²) in [5.74, 6) is -1.55. The van der Waals surface area contributed by atoms with E-state index in [2.05, 4.69) is 10.2 Å². The Balaban J connectivity index is 2.25. The molecule has 0 aliphatic heterocycles. The van der Waals surface area contributed by atoms with Crippen LogP contribution in [0.5, 0.6) is 0 Å². The average molecular weight is 291 g/mol. The predicted molar refractivity (Wildman–Crippen MR) is 73.5 cm³/mol. The molecule has 0 fully saturated rings. The second kappa shape index (κ2) is 4.61. The number of aromatic amines is 1. The van der Waals surface area contributed by atoms with E-state index in [0.29, 0.717) is 22.2 Å². The van der Waals surface area contributed by atoms with E-state index in [4.69, 9.17) is 16.7 Å². The lowest BCUT2D eigenvalue weighted by atomic mass is 10.1. The van der Waals surface area contributed by atoms with Gasteiger partial charge < -0.3 is 5.11 Å². The van der Waals surface area contributed by atoms with Gasteiger partial charge in [0.05, 0.1) is 21.8 Å². The molecule has 0 spiro atoms. The van der Waals surface area contributed by atoms with Crippen LogP contribution in [-0.2, 0) is 0 Å². The molecule has 1 aromatic heterocycles. The molecule has 0 unspecified atom stereocenters. The molecule has 2 N–H and O–H groups in total. The number of H-pyrrole nitrogens is 1. The Bertz CT molecular complexity index is 829. The maximum absolute atomic E-state index is 13.2. The molecule has 100 valence electrons. The summed E-state index contributed by atoms with van der Waals surface area (Å²) in [6.07, 6.45) is 0. The third kappa shape index (κ3) is 1.92. The standard InChI is InChI=1S/C14H8ClFN2O2/c15-10-6-7(4-5-11(10)16)12-8-2-1-3-9(14(19)20)13(8)18-17-12/h1-6H,(H,17,18)(H,19,20). The highest BCUT2D eigenvalue weighted by molar-refractivity contribution is 6.31. The van der Waals surface area contributed by atoms with Crippen LogP contribution < -0.4 is 0 Å². The van der Waals surface area contributed by atoms with Crippen LogP contribution in [0.3, 0.4) is 0 Å². The van der Waals surface area contributed by atoms with Crippen LogP contribution in [0.15, 0.2) is 36.4 Å². The van der Waals surface area contributed by atoms with Crippen molar-refractivity contribution in [3.8, 4) is 11.3 Å². The number of nitrogens with zero attached hydrogens (tertiary/aromatic N) is 1. The summed E-state index contributed by atoms with van der Waals surface area (Å²) in [6.45, 7) is 0. The Morgan fingerprint density at radius 2 is 2.10 bits per heavy atom. The molecule has 0 atom stereocenters. The summed E-state index contributed by atoms with van der Waals surface area (Å²) >= 11 is 5.76. The largest absolute Gasteiger partial charge is 0.478 e. The summed E-state index contributed by atoms with van der Waals surface area (Å²) in [4.78, 5) is 11.1. The molecule has 0 saturated heterocycles. The van der Waals surface area contributed by atoms with Crippen LogP contribution in [-0.4, -0.2) is 21.3 Å². The molecule has 4 nitrogen and oxygen atoms in total. The van der Waals surface area contributed by atoms with E-state index in [0.717, 1.165) is 0 Å². The normalized spacial score (nSPS) is 10.9. The first-order chi connectivity index (χ1) is 9.58. The van der Waals surface area contributed by atoms with Crippen LogP contribution in [0.25, 0.3) is 22.2 Å². The number of carbonyl (C=O) groups is 1. The van der Waals surface area contributed by atoms with Gasteiger partial charge in [-0.1, -0.05) is 23.7 Å². The van der Waals surface area contributed by atoms with E-state index >= 15 is 0 Å². The maximum Gasteiger partial charge on any atom is 0.337 e. The van der Waals surface area contributed by atoms with Crippen molar-refractivity contribution in [1.82, 2.24) is 10.2 Å². The van der Waals surface area contributed by atoms with Crippen LogP contribution >= 0.6 is 11.6 Å². The van der Waals surface area contributed by atoms with E-state index in [1.165, 1.54) is 18.2 Å². The van der Waals surface area contributed by atoms with E-state index in [1.807, 2.05) is 0 Å². The van der Waals surface area contributed by atoms with Crippen LogP contribution in [0.2, 0.25) is 5.02 Å². The summed E-state index contributed by atoms with van der Waals surface area (Å²) in [6, 6.07) is 9.13. The van der Waals surface area contributed by atoms with Crippen molar-refractivity contribution in [2.75, 3.05) is 0 Å². The van der Waals surface area contributed by atoms with Crippen molar-refractivity contribution in [2.45, 2.75) is 0 Å². The fourth-order valence-corrected chi connectivity index (χ4v) is 2.26. The van der Waals surface area contributed by atoms with Gasteiger partial charge in [-0.2, -0.15) is 5.10 Å². The van der Waals surface area contributed by atoms with Gasteiger partial charge in [-0.05, 0) is 24.3 Å². The second-order valence-electron chi connectivity index (χ2n) is 4.23. The Labute approximate surface area is 117 Å². The summed E-state index contributed by atoms with van der Waals surface area (Å²) in [5.41, 5.74) is 1.71. The third-order valence-electron chi connectivity index (χ3n) is 3.02. The minimum absolute atomic E-state index is 0.00645. The monoisotopic (exact) mass is 290 g/mol. The fourth-order valence-electron chi connectivity index (χ4n) is 2.08. The highest BCUT2D eigenvalue weighted by Crippen LogP contribution is 2.30. The smallest absolute Gasteiger partial charge is 0.337 e. The number of carboxylic acid groups (broad SMARTS) is 1. The molecule has 0 radical (unpaired) electrons. The molecular weight excluding hydrogens is 283 g/mol. The Kier molecular flexibility index (Phi) is 2.91. The van der Waals surface area contributed by atoms with Crippen molar-refractivity contribution in [2.24, 2.45) is 0 Å². The van der Waals surface area contributed by atoms with Crippen molar-refractivity contribution >= 4 is 28.5 Å². The van der Waals surface area contributed by atoms with Crippen LogP contribution in [0.4, 0.5) is 4.39 Å². The van der Waals surface area contributed by atoms with E-state index in [1.54, 1.807) is 18.2 Å². The molecule has 1 heterocycles. The number of carboxylic acids is 1. The second-order valence-corrected chi connectivity index (χ2v) is 4.64. The summed E-state index contributed by atoms with van der Waals surface area (Å²) < 4.78 is 13.2. The number of nitrogens with one attached hydrogen (secondary N) is 1. The van der Waals surface area contributed by atoms with Crippen molar-refractivity contribution < 1.29 is 14.3 Å². The Morgan fingerprint density at radius 3 is 2.80 bits per heavy atom. The molecule has 3 aromatic rings. The number of aromatic nitrogens is 2. The minimum atomic E-state index is -1.04. The first-order valence-corrected chi connectivity index (χ1v) is 6.11. The minimum Gasteiger partial charge on any atom is -0.478 e. The zero-order valence-corrected chi connectivity index (χ0v) is 10.8. The number of benzene rings is 2. The van der Waals surface area contributed by atoms with E-state index < -0.39 is 11.8 Å². The molecule has 0 aliphatic carbocycles. The van der Waals surface area contributed by atoms with Crippen molar-refractivity contribution in [1.29, 1.82) is 0 Å². The maximum atomic E-state index is 13.2. The number of hydrogen-bond donors (Lipinski definition) is 2. The van der Waals surface area contributed by atoms with Gasteiger partial charge in [-0.3, -0.25) is 5.10 Å². The number of rotatable bonds is 2. The number of para-hydroxylation sites is 1. The first-order valence-electron chi connectivity index (χ1n) is 5.73. The van der Waals surface area contributed by atoms with Crippen LogP contribution in [0.1, 0.15) is 10.4 Å². The zero-order valence-electron chi connectivity index (χ0n) is 10.0. The molecule has 6 heteroatoms. The van der Waals surface area contributed by atoms with Crippen molar-refractivity contribution in [3.05, 3.63) is 52.8 Å². The molecule has 0 bridgehead atoms. The summed E-state index contributed by atoms with van der Waals surface area (Å²) in [7, 11) is 0. The summed E-state index contributed by atoms with van der Waals surface area (Å²) in [5, 5.41) is 16.6. The SMILES string of the molecule is O=C(O)c1cccc2c(-c3ccc(F)c(Cl)c3)n[nH]c12. The first kappa shape index (κ1) is 12.6. The molecule has 2 aromatic carbocycles. The molecule has 0 amide bonds. The van der Waals surface area contributed by atoms with Gasteiger partial charge in [-0.15, -0.1) is 0 Å². The van der Waals surface area contributed by atoms with Gasteiger partial charge in [0.25, 0.3) is 0 Å². The zero-order chi connectivity index (χ0) is 14.3. The lowest BCUT2D eigenvalue weighted by Gasteiger charge is -2.00. The van der Waals surface area contributed by atoms with E-state index in [9.17, 15) is 9.18 Å². The lowest BCUT2D eigenvalue weighted by molar-refractivity contribution is 0.0699. The highest BCUT2D eigenvalue weighted by Gasteiger charge is 2.15. The quantitative estimate of drug-likeness (QED) is 0.756. The molecule has 3 rings (SSSR count). The number of aromatic carboxylic acids is 1. The molecule has 0 aliphatic rings. The molecular formula is C14H8ClFN2O2. The number of fused-ring (bicyclic) bond motifs is 1. The van der Waals surface area contributed by atoms with Gasteiger partial charge in [-0.25, -0.2) is 9.18 Å². The topological polar surface area (TPSA) is 66.0 Å². The lowest BCUT2D eigenvalue weighted by Crippen LogP contribution is -1.96. The fraction of sp³-hybridized carbons (Fsp3) is 0. The third-order valence-corrected chi connectivity index (χ3v) is 3.31. The van der Waals surface area contributed by atoms with Crippen LogP contribution in [0, 0.1) is 5.82 Å². The van der Waals surface area contributed by atoms with E-state index in [-0.39, 0.29) is 10.6 Å². The Morgan fingerprint density at radius 1 is 1.30 bits per heavy atom. The van der Waals surface area contributed by atoms with Gasteiger partial charge in [0.15, 0.2) is 0 Å². The molecule has 0 saturated carbocycles. The Hall–Kier alpha value is -2.40. The van der Waals surface area contributed by atoms with Gasteiger partial charge in [0.2, 0.25) is 0 Å². The van der Waals surface area contributed by atoms with Gasteiger partial charge in [0.1, 0.15) is 5.82 Å². The van der Waals surface area contributed by atoms with Gasteiger partial charge in [0, 0.05) is 10.9 Å². The van der Waals surface area contributed by atoms with Gasteiger partial charge >= 0.3 is 5.97 Å². The number of halogens is 2. The average Bonchev–Trinajstić information content (AvgIpc) is 2.85.